The third kappa shape index (κ3) is 2.27. The Labute approximate surface area is 114 Å². The first-order valence-electron chi connectivity index (χ1n) is 6.31. The molecule has 3 N–H and O–H groups in total. The van der Waals surface area contributed by atoms with Crippen LogP contribution < -0.4 is 10.6 Å². The number of nitrogens with zero attached hydrogens (tertiary/aromatic N) is 1. The Kier molecular flexibility index (Phi) is 2.98. The maximum atomic E-state index is 11.7. The van der Waals surface area contributed by atoms with Crippen molar-refractivity contribution < 1.29 is 14.7 Å². The lowest BCUT2D eigenvalue weighted by Crippen LogP contribution is -2.47. The monoisotopic (exact) mass is 271 g/mol. The number of fused-ring (bicyclic) bond motifs is 1. The summed E-state index contributed by atoms with van der Waals surface area (Å²) in [5, 5.41) is 16.5. The van der Waals surface area contributed by atoms with Gasteiger partial charge in [-0.1, -0.05) is 6.07 Å². The lowest BCUT2D eigenvalue weighted by Gasteiger charge is -2.22. The highest BCUT2D eigenvalue weighted by Gasteiger charge is 2.26. The number of hydrogen-bond donors (Lipinski definition) is 3. The molecule has 6 nitrogen and oxygen atoms in total. The fourth-order valence-electron chi connectivity index (χ4n) is 2.27. The van der Waals surface area contributed by atoms with Gasteiger partial charge in [0.15, 0.2) is 0 Å². The van der Waals surface area contributed by atoms with Crippen LogP contribution in [0.25, 0.3) is 10.8 Å². The predicted molar refractivity (Wildman–Crippen MR) is 73.2 cm³/mol. The van der Waals surface area contributed by atoms with Crippen LogP contribution in [0.3, 0.4) is 0 Å². The number of pyridine rings is 1. The number of carbonyl (C=O) groups excluding carboxylic acids is 2. The number of phenols is 1. The van der Waals surface area contributed by atoms with Crippen LogP contribution in [0.15, 0.2) is 30.5 Å². The molecule has 2 heterocycles. The molecule has 0 spiro atoms. The van der Waals surface area contributed by atoms with E-state index in [1.807, 2.05) is 6.07 Å². The number of benzene rings is 1. The molecule has 0 bridgehead atoms. The Morgan fingerprint density at radius 1 is 1.30 bits per heavy atom. The van der Waals surface area contributed by atoms with Gasteiger partial charge >= 0.3 is 0 Å². The van der Waals surface area contributed by atoms with E-state index in [0.717, 1.165) is 10.8 Å². The molecule has 1 aromatic carbocycles. The summed E-state index contributed by atoms with van der Waals surface area (Å²) >= 11 is 0. The first kappa shape index (κ1) is 12.4. The third-order valence-corrected chi connectivity index (χ3v) is 3.30. The smallest absolute Gasteiger partial charge is 0.249 e. The second-order valence-corrected chi connectivity index (χ2v) is 4.71. The molecule has 1 aromatic heterocycles. The molecule has 102 valence electrons. The minimum atomic E-state index is -0.492. The number of aromatic hydroxyl groups is 1. The lowest BCUT2D eigenvalue weighted by atomic mass is 10.1. The van der Waals surface area contributed by atoms with Crippen molar-refractivity contribution in [3.05, 3.63) is 30.5 Å². The van der Waals surface area contributed by atoms with Gasteiger partial charge in [0.25, 0.3) is 0 Å². The Balaban J connectivity index is 1.93. The second kappa shape index (κ2) is 4.80. The number of imide groups is 1. The predicted octanol–water partition coefficient (Wildman–Crippen LogP) is 1.16. The quantitative estimate of drug-likeness (QED) is 0.713. The van der Waals surface area contributed by atoms with E-state index in [-0.39, 0.29) is 17.6 Å². The summed E-state index contributed by atoms with van der Waals surface area (Å²) in [5.41, 5.74) is 0. The van der Waals surface area contributed by atoms with Crippen molar-refractivity contribution >= 4 is 28.4 Å². The standard InChI is InChI=1S/C14H13N3O3/c18-9-2-1-8-5-6-15-13(10(8)7-9)16-11-3-4-12(19)17-14(11)20/h1-2,5-7,11,18H,3-4H2,(H,15,16)(H,17,19,20). The first-order chi connectivity index (χ1) is 9.63. The Hall–Kier alpha value is -2.63. The van der Waals surface area contributed by atoms with Crippen molar-refractivity contribution in [1.82, 2.24) is 10.3 Å². The van der Waals surface area contributed by atoms with Crippen molar-refractivity contribution in [3.63, 3.8) is 0 Å². The Bertz CT molecular complexity index is 699. The number of nitrogens with one attached hydrogen (secondary N) is 2. The van der Waals surface area contributed by atoms with Gasteiger partial charge in [0.1, 0.15) is 17.6 Å². The summed E-state index contributed by atoms with van der Waals surface area (Å²) in [5.74, 6) is 0.0569. The summed E-state index contributed by atoms with van der Waals surface area (Å²) < 4.78 is 0. The normalized spacial score (nSPS) is 18.9. The van der Waals surface area contributed by atoms with Crippen molar-refractivity contribution in [2.75, 3.05) is 5.32 Å². The fraction of sp³-hybridized carbons (Fsp3) is 0.214. The van der Waals surface area contributed by atoms with Crippen LogP contribution in [0, 0.1) is 0 Å². The van der Waals surface area contributed by atoms with E-state index >= 15 is 0 Å². The molecule has 1 atom stereocenters. The van der Waals surface area contributed by atoms with Gasteiger partial charge in [0, 0.05) is 18.0 Å². The molecular formula is C14H13N3O3. The zero-order chi connectivity index (χ0) is 14.1. The van der Waals surface area contributed by atoms with E-state index in [0.29, 0.717) is 18.7 Å². The number of carbonyl (C=O) groups is 2. The minimum Gasteiger partial charge on any atom is -0.508 e. The van der Waals surface area contributed by atoms with Gasteiger partial charge < -0.3 is 10.4 Å². The maximum absolute atomic E-state index is 11.7. The fourth-order valence-corrected chi connectivity index (χ4v) is 2.27. The van der Waals surface area contributed by atoms with Crippen molar-refractivity contribution in [2.45, 2.75) is 18.9 Å². The van der Waals surface area contributed by atoms with E-state index in [9.17, 15) is 14.7 Å². The summed E-state index contributed by atoms with van der Waals surface area (Å²) in [6.45, 7) is 0. The highest BCUT2D eigenvalue weighted by Crippen LogP contribution is 2.26. The van der Waals surface area contributed by atoms with E-state index < -0.39 is 6.04 Å². The summed E-state index contributed by atoms with van der Waals surface area (Å²) in [7, 11) is 0. The number of hydrogen-bond acceptors (Lipinski definition) is 5. The largest absolute Gasteiger partial charge is 0.508 e. The van der Waals surface area contributed by atoms with Crippen molar-refractivity contribution in [2.24, 2.45) is 0 Å². The van der Waals surface area contributed by atoms with Crippen molar-refractivity contribution in [1.29, 1.82) is 0 Å². The number of piperidine rings is 1. The average molecular weight is 271 g/mol. The SMILES string of the molecule is O=C1CCC(Nc2nccc3ccc(O)cc23)C(=O)N1. The molecule has 0 saturated carbocycles. The van der Waals surface area contributed by atoms with Gasteiger partial charge in [-0.05, 0) is 30.0 Å². The molecule has 6 heteroatoms. The van der Waals surface area contributed by atoms with Crippen molar-refractivity contribution in [3.8, 4) is 5.75 Å². The number of phenolic OH excluding ortho intramolecular Hbond substituents is 1. The molecule has 2 amide bonds. The molecule has 1 fully saturated rings. The minimum absolute atomic E-state index is 0.136. The summed E-state index contributed by atoms with van der Waals surface area (Å²) in [6.07, 6.45) is 2.37. The third-order valence-electron chi connectivity index (χ3n) is 3.30. The summed E-state index contributed by atoms with van der Waals surface area (Å²) in [6, 6.07) is 6.30. The number of amides is 2. The van der Waals surface area contributed by atoms with Gasteiger partial charge in [0.05, 0.1) is 0 Å². The van der Waals surface area contributed by atoms with Crippen LogP contribution in [0.2, 0.25) is 0 Å². The van der Waals surface area contributed by atoms with Crippen LogP contribution in [-0.2, 0) is 9.59 Å². The highest BCUT2D eigenvalue weighted by atomic mass is 16.3. The second-order valence-electron chi connectivity index (χ2n) is 4.71. The van der Waals surface area contributed by atoms with Crippen LogP contribution in [0.1, 0.15) is 12.8 Å². The summed E-state index contributed by atoms with van der Waals surface area (Å²) in [4.78, 5) is 27.1. The Morgan fingerprint density at radius 3 is 2.95 bits per heavy atom. The maximum Gasteiger partial charge on any atom is 0.249 e. The van der Waals surface area contributed by atoms with E-state index in [2.05, 4.69) is 15.6 Å². The Morgan fingerprint density at radius 2 is 2.15 bits per heavy atom. The zero-order valence-corrected chi connectivity index (χ0v) is 10.6. The zero-order valence-electron chi connectivity index (χ0n) is 10.6. The first-order valence-corrected chi connectivity index (χ1v) is 6.31. The molecule has 1 saturated heterocycles. The van der Waals surface area contributed by atoms with Crippen LogP contribution >= 0.6 is 0 Å². The van der Waals surface area contributed by atoms with Gasteiger partial charge in [-0.3, -0.25) is 14.9 Å². The molecule has 2 aromatic rings. The van der Waals surface area contributed by atoms with E-state index in [4.69, 9.17) is 0 Å². The highest BCUT2D eigenvalue weighted by molar-refractivity contribution is 6.02. The number of anilines is 1. The molecule has 1 unspecified atom stereocenters. The topological polar surface area (TPSA) is 91.3 Å². The molecule has 1 aliphatic rings. The number of rotatable bonds is 2. The van der Waals surface area contributed by atoms with Gasteiger partial charge in [-0.15, -0.1) is 0 Å². The van der Waals surface area contributed by atoms with E-state index in [1.165, 1.54) is 0 Å². The van der Waals surface area contributed by atoms with Gasteiger partial charge in [-0.2, -0.15) is 0 Å². The molecule has 20 heavy (non-hydrogen) atoms. The van der Waals surface area contributed by atoms with E-state index in [1.54, 1.807) is 24.4 Å². The van der Waals surface area contributed by atoms with Gasteiger partial charge in [-0.25, -0.2) is 4.98 Å². The van der Waals surface area contributed by atoms with Gasteiger partial charge in [0.2, 0.25) is 11.8 Å². The molecule has 0 aliphatic carbocycles. The van der Waals surface area contributed by atoms with Crippen LogP contribution in [-0.4, -0.2) is 27.9 Å². The number of aromatic nitrogens is 1. The lowest BCUT2D eigenvalue weighted by molar-refractivity contribution is -0.133. The molecule has 1 aliphatic heterocycles. The van der Waals surface area contributed by atoms with Crippen LogP contribution in [0.4, 0.5) is 5.82 Å². The molecule has 3 rings (SSSR count). The molecular weight excluding hydrogens is 258 g/mol. The molecule has 0 radical (unpaired) electrons. The van der Waals surface area contributed by atoms with Crippen LogP contribution in [0.5, 0.6) is 5.75 Å². The average Bonchev–Trinajstić information content (AvgIpc) is 2.42.